The Morgan fingerprint density at radius 2 is 0.821 bits per heavy atom. The van der Waals surface area contributed by atoms with Crippen LogP contribution in [0.4, 0.5) is 0 Å². The monoisotopic (exact) mass is 964 g/mol. The highest BCUT2D eigenvalue weighted by molar-refractivity contribution is 7.47. The van der Waals surface area contributed by atoms with Crippen LogP contribution in [0.25, 0.3) is 0 Å². The fourth-order valence-corrected chi connectivity index (χ4v) is 8.98. The normalized spacial score (nSPS) is 14.3. The molecule has 9 heteroatoms. The number of phosphoric acid groups is 1. The van der Waals surface area contributed by atoms with Crippen LogP contribution in [0.3, 0.4) is 0 Å². The quantitative estimate of drug-likeness (QED) is 0.0243. The lowest BCUT2D eigenvalue weighted by molar-refractivity contribution is -0.870. The molecule has 0 bridgehead atoms. The number of carbonyl (C=O) groups is 1. The summed E-state index contributed by atoms with van der Waals surface area (Å²) in [4.78, 5) is 23.3. The highest BCUT2D eigenvalue weighted by atomic mass is 31.2. The number of likely N-dealkylation sites (N-methyl/N-ethyl adjacent to an activating group) is 1. The Labute approximate surface area is 416 Å². The molecule has 0 saturated heterocycles. The maximum Gasteiger partial charge on any atom is 0.472 e. The second-order valence-corrected chi connectivity index (χ2v) is 22.1. The second kappa shape index (κ2) is 49.4. The zero-order valence-corrected chi connectivity index (χ0v) is 45.8. The molecule has 0 radical (unpaired) electrons. The number of hydrogen-bond acceptors (Lipinski definition) is 5. The largest absolute Gasteiger partial charge is 0.472 e. The fraction of sp³-hybridized carbons (Fsp3) is 0.845. The summed E-state index contributed by atoms with van der Waals surface area (Å²) < 4.78 is 23.7. The summed E-state index contributed by atoms with van der Waals surface area (Å²) in [7, 11) is 1.55. The van der Waals surface area contributed by atoms with E-state index < -0.39 is 20.0 Å². The number of hydrogen-bond donors (Lipinski definition) is 3. The molecule has 0 saturated carbocycles. The zero-order valence-electron chi connectivity index (χ0n) is 44.9. The van der Waals surface area contributed by atoms with Crippen LogP contribution >= 0.6 is 7.82 Å². The van der Waals surface area contributed by atoms with E-state index in [0.717, 1.165) is 44.9 Å². The van der Waals surface area contributed by atoms with Crippen LogP contribution in [0.15, 0.2) is 48.6 Å². The molecule has 3 unspecified atom stereocenters. The van der Waals surface area contributed by atoms with Gasteiger partial charge < -0.3 is 19.8 Å². The summed E-state index contributed by atoms with van der Waals surface area (Å²) in [6, 6.07) is -0.870. The number of unbranched alkanes of at least 4 members (excludes halogenated alkanes) is 33. The van der Waals surface area contributed by atoms with Crippen molar-refractivity contribution in [3.05, 3.63) is 48.6 Å². The Balaban J connectivity index is 4.26. The molecule has 0 aliphatic rings. The Morgan fingerprint density at radius 3 is 1.19 bits per heavy atom. The van der Waals surface area contributed by atoms with Gasteiger partial charge in [0.15, 0.2) is 0 Å². The molecule has 394 valence electrons. The third-order valence-corrected chi connectivity index (χ3v) is 13.7. The zero-order chi connectivity index (χ0) is 49.2. The van der Waals surface area contributed by atoms with Gasteiger partial charge in [-0.25, -0.2) is 4.57 Å². The molecule has 0 aromatic heterocycles. The number of nitrogens with one attached hydrogen (secondary N) is 1. The molecule has 0 spiro atoms. The Hall–Kier alpha value is -1.54. The molecule has 0 heterocycles. The van der Waals surface area contributed by atoms with Gasteiger partial charge >= 0.3 is 7.82 Å². The fourth-order valence-electron chi connectivity index (χ4n) is 8.25. The average Bonchev–Trinajstić information content (AvgIpc) is 3.29. The van der Waals surface area contributed by atoms with Crippen LogP contribution in [0.1, 0.15) is 264 Å². The predicted molar refractivity (Wildman–Crippen MR) is 291 cm³/mol. The number of rotatable bonds is 52. The smallest absolute Gasteiger partial charge is 0.387 e. The van der Waals surface area contributed by atoms with Crippen molar-refractivity contribution in [3.63, 3.8) is 0 Å². The molecular formula is C58H112N2O6P+. The number of aliphatic hydroxyl groups excluding tert-OH is 1. The van der Waals surface area contributed by atoms with Gasteiger partial charge in [0.05, 0.1) is 39.9 Å². The van der Waals surface area contributed by atoms with E-state index in [9.17, 15) is 19.4 Å². The summed E-state index contributed by atoms with van der Waals surface area (Å²) >= 11 is 0. The van der Waals surface area contributed by atoms with Gasteiger partial charge in [-0.05, 0) is 70.6 Å². The number of aliphatic hydroxyl groups is 1. The van der Waals surface area contributed by atoms with E-state index in [1.54, 1.807) is 6.08 Å². The number of amides is 1. The highest BCUT2D eigenvalue weighted by Crippen LogP contribution is 2.43. The van der Waals surface area contributed by atoms with Crippen molar-refractivity contribution in [2.75, 3.05) is 40.9 Å². The van der Waals surface area contributed by atoms with Crippen molar-refractivity contribution < 1.29 is 32.9 Å². The molecule has 0 aromatic rings. The molecule has 0 aliphatic carbocycles. The summed E-state index contributed by atoms with van der Waals surface area (Å²) in [5, 5.41) is 13.9. The topological polar surface area (TPSA) is 105 Å². The Kier molecular flexibility index (Phi) is 48.3. The van der Waals surface area contributed by atoms with Crippen molar-refractivity contribution in [1.29, 1.82) is 0 Å². The standard InChI is InChI=1S/C58H111N2O6P/c1-6-8-10-12-14-16-18-20-22-24-26-28-29-30-31-32-34-36-38-40-42-44-46-48-50-52-58(62)59-56(55-66-67(63,64)65-54-53-60(3,4)5)57(61)51-49-47-45-43-41-39-37-35-33-27-25-23-21-19-17-15-13-11-9-7-2/h24,26,33,35,41,43,49,51,56-57,61H,6-23,25,27-32,34,36-40,42,44-48,50,52-55H2,1-5H3,(H-,59,62,63,64)/p+1/b26-24-,35-33+,43-41+,51-49+. The lowest BCUT2D eigenvalue weighted by Gasteiger charge is -2.25. The maximum atomic E-state index is 13.0. The number of carbonyl (C=O) groups excluding carboxylic acids is 1. The van der Waals surface area contributed by atoms with Crippen LogP contribution in [0.2, 0.25) is 0 Å². The highest BCUT2D eigenvalue weighted by Gasteiger charge is 2.27. The van der Waals surface area contributed by atoms with Gasteiger partial charge in [-0.15, -0.1) is 0 Å². The van der Waals surface area contributed by atoms with E-state index in [4.69, 9.17) is 9.05 Å². The van der Waals surface area contributed by atoms with Gasteiger partial charge in [0, 0.05) is 6.42 Å². The Morgan fingerprint density at radius 1 is 0.493 bits per heavy atom. The third-order valence-electron chi connectivity index (χ3n) is 12.7. The molecular weight excluding hydrogens is 852 g/mol. The van der Waals surface area contributed by atoms with E-state index in [0.29, 0.717) is 17.4 Å². The maximum absolute atomic E-state index is 13.0. The lowest BCUT2D eigenvalue weighted by Crippen LogP contribution is -2.45. The third kappa shape index (κ3) is 52.1. The molecule has 8 nitrogen and oxygen atoms in total. The first-order chi connectivity index (χ1) is 32.5. The summed E-state index contributed by atoms with van der Waals surface area (Å²) in [6.07, 6.45) is 65.0. The molecule has 0 aliphatic heterocycles. The minimum absolute atomic E-state index is 0.0534. The first-order valence-electron chi connectivity index (χ1n) is 28.5. The molecule has 3 N–H and O–H groups in total. The van der Waals surface area contributed by atoms with E-state index in [1.807, 2.05) is 27.2 Å². The molecule has 0 fully saturated rings. The average molecular weight is 965 g/mol. The van der Waals surface area contributed by atoms with Crippen LogP contribution in [0.5, 0.6) is 0 Å². The van der Waals surface area contributed by atoms with Crippen molar-refractivity contribution in [3.8, 4) is 0 Å². The van der Waals surface area contributed by atoms with Gasteiger partial charge in [-0.3, -0.25) is 13.8 Å². The molecule has 0 aromatic carbocycles. The van der Waals surface area contributed by atoms with Gasteiger partial charge in [-0.1, -0.05) is 236 Å². The van der Waals surface area contributed by atoms with Gasteiger partial charge in [0.25, 0.3) is 0 Å². The van der Waals surface area contributed by atoms with Crippen LogP contribution < -0.4 is 5.32 Å². The number of allylic oxidation sites excluding steroid dienone is 7. The predicted octanol–water partition coefficient (Wildman–Crippen LogP) is 17.2. The van der Waals surface area contributed by atoms with Crippen molar-refractivity contribution >= 4 is 13.7 Å². The first-order valence-corrected chi connectivity index (χ1v) is 30.0. The van der Waals surface area contributed by atoms with Crippen LogP contribution in [0, 0.1) is 0 Å². The van der Waals surface area contributed by atoms with Gasteiger partial charge in [-0.2, -0.15) is 0 Å². The number of phosphoric ester groups is 1. The van der Waals surface area contributed by atoms with E-state index in [-0.39, 0.29) is 19.1 Å². The summed E-state index contributed by atoms with van der Waals surface area (Å²) in [5.74, 6) is -0.189. The van der Waals surface area contributed by atoms with Gasteiger partial charge in [0.1, 0.15) is 13.2 Å². The van der Waals surface area contributed by atoms with E-state index >= 15 is 0 Å². The molecule has 3 atom stereocenters. The van der Waals surface area contributed by atoms with E-state index in [1.165, 1.54) is 199 Å². The van der Waals surface area contributed by atoms with Crippen LogP contribution in [-0.2, 0) is 18.4 Å². The molecule has 0 rings (SSSR count). The lowest BCUT2D eigenvalue weighted by atomic mass is 10.0. The summed E-state index contributed by atoms with van der Waals surface area (Å²) in [6.45, 7) is 4.81. The SMILES string of the molecule is CCCCCCCCCC/C=C\CCCCCCCCCCCCCCCC(=O)NC(COP(=O)(O)OCC[N+](C)(C)C)C(O)/C=C/CC/C=C/CC/C=C/CCCCCCCCCCCC. The minimum Gasteiger partial charge on any atom is -0.387 e. The molecule has 1 amide bonds. The van der Waals surface area contributed by atoms with Gasteiger partial charge in [0.2, 0.25) is 5.91 Å². The second-order valence-electron chi connectivity index (χ2n) is 20.6. The molecule has 67 heavy (non-hydrogen) atoms. The van der Waals surface area contributed by atoms with Crippen molar-refractivity contribution in [2.24, 2.45) is 0 Å². The number of nitrogens with zero attached hydrogens (tertiary/aromatic N) is 1. The minimum atomic E-state index is -4.36. The van der Waals surface area contributed by atoms with Crippen molar-refractivity contribution in [2.45, 2.75) is 276 Å². The van der Waals surface area contributed by atoms with Crippen molar-refractivity contribution in [1.82, 2.24) is 5.32 Å². The van der Waals surface area contributed by atoms with Crippen LogP contribution in [-0.4, -0.2) is 73.4 Å². The van der Waals surface area contributed by atoms with E-state index in [2.05, 4.69) is 55.6 Å². The summed E-state index contributed by atoms with van der Waals surface area (Å²) in [5.41, 5.74) is 0. The first kappa shape index (κ1) is 65.5. The number of quaternary nitrogens is 1. The Bertz CT molecular complexity index is 1230.